The van der Waals surface area contributed by atoms with Crippen molar-refractivity contribution in [2.75, 3.05) is 0 Å². The van der Waals surface area contributed by atoms with Crippen LogP contribution in [0.25, 0.3) is 0 Å². The molecular formula is C10H12. The zero-order valence-electron chi connectivity index (χ0n) is 6.57. The minimum Gasteiger partial charge on any atom is -0.0613 e. The van der Waals surface area contributed by atoms with Crippen molar-refractivity contribution >= 4 is 0 Å². The van der Waals surface area contributed by atoms with Crippen LogP contribution in [-0.2, 0) is 12.8 Å². The minimum absolute atomic E-state index is 1.21. The molecule has 10 heavy (non-hydrogen) atoms. The molecule has 2 aliphatic carbocycles. The summed E-state index contributed by atoms with van der Waals surface area (Å²) in [7, 11) is 0. The molecule has 0 unspecified atom stereocenters. The fraction of sp³-hybridized carbons (Fsp3) is 0.400. The molecule has 0 saturated carbocycles. The van der Waals surface area contributed by atoms with Crippen molar-refractivity contribution in [3.8, 4) is 0 Å². The van der Waals surface area contributed by atoms with E-state index in [9.17, 15) is 0 Å². The summed E-state index contributed by atoms with van der Waals surface area (Å²) in [5, 5.41) is 3.08. The van der Waals surface area contributed by atoms with Gasteiger partial charge in [0, 0.05) is 0 Å². The Morgan fingerprint density at radius 1 is 0.900 bits per heavy atom. The second-order valence-corrected chi connectivity index (χ2v) is 2.82. The number of rotatable bonds is 2. The van der Waals surface area contributed by atoms with Gasteiger partial charge in [0.2, 0.25) is 0 Å². The number of benzene rings is 1. The first-order valence-electron chi connectivity index (χ1n) is 4.03. The fourth-order valence-electron chi connectivity index (χ4n) is 1.85. The van der Waals surface area contributed by atoms with Gasteiger partial charge in [0.25, 0.3) is 0 Å². The normalized spacial score (nSPS) is 11.8. The van der Waals surface area contributed by atoms with Crippen LogP contribution < -0.4 is 0 Å². The van der Waals surface area contributed by atoms with E-state index in [-0.39, 0.29) is 0 Å². The van der Waals surface area contributed by atoms with Crippen LogP contribution in [0.2, 0.25) is 0 Å². The SMILES string of the molecule is CCc1c(CC)c2ccc1=2. The molecule has 0 aromatic rings. The molecule has 0 radical (unpaired) electrons. The van der Waals surface area contributed by atoms with Gasteiger partial charge in [-0.3, -0.25) is 0 Å². The molecule has 0 amide bonds. The topological polar surface area (TPSA) is 0 Å². The highest BCUT2D eigenvalue weighted by molar-refractivity contribution is 5.43. The lowest BCUT2D eigenvalue weighted by Gasteiger charge is -2.17. The van der Waals surface area contributed by atoms with Gasteiger partial charge in [0.15, 0.2) is 0 Å². The van der Waals surface area contributed by atoms with Crippen LogP contribution in [-0.4, -0.2) is 0 Å². The molecule has 0 fully saturated rings. The van der Waals surface area contributed by atoms with Gasteiger partial charge in [-0.15, -0.1) is 0 Å². The van der Waals surface area contributed by atoms with Crippen LogP contribution in [0.3, 0.4) is 0 Å². The third kappa shape index (κ3) is 0.476. The minimum atomic E-state index is 1.21. The summed E-state index contributed by atoms with van der Waals surface area (Å²) in [6, 6.07) is 4.46. The second-order valence-electron chi connectivity index (χ2n) is 2.82. The van der Waals surface area contributed by atoms with Gasteiger partial charge >= 0.3 is 0 Å². The third-order valence-electron chi connectivity index (χ3n) is 2.43. The quantitative estimate of drug-likeness (QED) is 0.588. The Morgan fingerprint density at radius 2 is 1.30 bits per heavy atom. The first-order valence-corrected chi connectivity index (χ1v) is 4.03. The molecule has 52 valence electrons. The molecule has 2 rings (SSSR count). The zero-order chi connectivity index (χ0) is 7.14. The average Bonchev–Trinajstić information content (AvgIpc) is 1.92. The van der Waals surface area contributed by atoms with Crippen LogP contribution in [0.5, 0.6) is 0 Å². The maximum Gasteiger partial charge on any atom is -0.0146 e. The summed E-state index contributed by atoms with van der Waals surface area (Å²) < 4.78 is 0. The summed E-state index contributed by atoms with van der Waals surface area (Å²) in [4.78, 5) is 0. The molecule has 0 saturated heterocycles. The molecule has 0 aromatic carbocycles. The van der Waals surface area contributed by atoms with Gasteiger partial charge < -0.3 is 0 Å². The number of hydrogen-bond acceptors (Lipinski definition) is 0. The molecule has 0 aromatic heterocycles. The molecule has 0 heterocycles. The maximum atomic E-state index is 2.24. The van der Waals surface area contributed by atoms with Gasteiger partial charge in [-0.2, -0.15) is 0 Å². The fourth-order valence-corrected chi connectivity index (χ4v) is 1.85. The molecule has 0 heteroatoms. The summed E-state index contributed by atoms with van der Waals surface area (Å²) in [6.45, 7) is 4.47. The highest BCUT2D eigenvalue weighted by Crippen LogP contribution is 2.24. The van der Waals surface area contributed by atoms with Crippen molar-refractivity contribution < 1.29 is 0 Å². The van der Waals surface area contributed by atoms with E-state index in [1.807, 2.05) is 0 Å². The molecule has 0 bridgehead atoms. The lowest BCUT2D eigenvalue weighted by atomic mass is 9.88. The van der Waals surface area contributed by atoms with Crippen molar-refractivity contribution in [2.24, 2.45) is 0 Å². The van der Waals surface area contributed by atoms with Crippen molar-refractivity contribution in [1.82, 2.24) is 0 Å². The summed E-state index contributed by atoms with van der Waals surface area (Å²) in [5.41, 5.74) is 3.22. The third-order valence-corrected chi connectivity index (χ3v) is 2.43. The van der Waals surface area contributed by atoms with Gasteiger partial charge in [-0.25, -0.2) is 0 Å². The molecular weight excluding hydrogens is 120 g/mol. The van der Waals surface area contributed by atoms with Crippen LogP contribution in [0.1, 0.15) is 25.0 Å². The summed E-state index contributed by atoms with van der Waals surface area (Å²) >= 11 is 0. The van der Waals surface area contributed by atoms with Gasteiger partial charge in [0.1, 0.15) is 0 Å². The van der Waals surface area contributed by atoms with E-state index in [0.29, 0.717) is 0 Å². The van der Waals surface area contributed by atoms with E-state index in [4.69, 9.17) is 0 Å². The van der Waals surface area contributed by atoms with Crippen LogP contribution >= 0.6 is 0 Å². The van der Waals surface area contributed by atoms with E-state index >= 15 is 0 Å². The first kappa shape index (κ1) is 5.96. The van der Waals surface area contributed by atoms with Crippen LogP contribution in [0.15, 0.2) is 12.1 Å². The smallest absolute Gasteiger partial charge is 0.0146 e. The molecule has 0 atom stereocenters. The average molecular weight is 132 g/mol. The molecule has 0 aliphatic heterocycles. The Labute approximate surface area is 61.2 Å². The molecule has 0 N–H and O–H groups in total. The summed E-state index contributed by atoms with van der Waals surface area (Å²) in [5.74, 6) is 0. The van der Waals surface area contributed by atoms with E-state index < -0.39 is 0 Å². The van der Waals surface area contributed by atoms with Crippen molar-refractivity contribution in [2.45, 2.75) is 26.7 Å². The van der Waals surface area contributed by atoms with Crippen molar-refractivity contribution in [1.29, 1.82) is 0 Å². The lowest BCUT2D eigenvalue weighted by Crippen LogP contribution is -2.04. The Hall–Kier alpha value is -0.780. The first-order chi connectivity index (χ1) is 4.88. The van der Waals surface area contributed by atoms with Gasteiger partial charge in [0.05, 0.1) is 0 Å². The second kappa shape index (κ2) is 1.85. The Morgan fingerprint density at radius 3 is 1.50 bits per heavy atom. The Balaban J connectivity index is 2.55. The van der Waals surface area contributed by atoms with Gasteiger partial charge in [-0.1, -0.05) is 26.0 Å². The van der Waals surface area contributed by atoms with Crippen molar-refractivity contribution in [3.63, 3.8) is 0 Å². The van der Waals surface area contributed by atoms with E-state index in [1.165, 1.54) is 12.8 Å². The van der Waals surface area contributed by atoms with Gasteiger partial charge in [-0.05, 0) is 34.4 Å². The molecule has 2 aliphatic rings. The highest BCUT2D eigenvalue weighted by atomic mass is 14.2. The zero-order valence-corrected chi connectivity index (χ0v) is 6.57. The van der Waals surface area contributed by atoms with Crippen molar-refractivity contribution in [3.05, 3.63) is 33.7 Å². The standard InChI is InChI=1S/C10H12/c1-3-7-8(4-2)10-6-5-9(7)10/h5-6H,3-4H2,1-2H3. The Bertz CT molecular complexity index is 312. The van der Waals surface area contributed by atoms with E-state index in [0.717, 1.165) is 0 Å². The number of hydrogen-bond donors (Lipinski definition) is 0. The predicted octanol–water partition coefficient (Wildman–Crippen LogP) is 2.41. The summed E-state index contributed by atoms with van der Waals surface area (Å²) in [6.07, 6.45) is 2.43. The monoisotopic (exact) mass is 132 g/mol. The maximum absolute atomic E-state index is 2.24. The van der Waals surface area contributed by atoms with Crippen LogP contribution in [0.4, 0.5) is 0 Å². The molecule has 0 spiro atoms. The van der Waals surface area contributed by atoms with E-state index in [1.54, 1.807) is 21.6 Å². The molecule has 0 nitrogen and oxygen atoms in total. The van der Waals surface area contributed by atoms with E-state index in [2.05, 4.69) is 26.0 Å². The Kier molecular flexibility index (Phi) is 1.10. The van der Waals surface area contributed by atoms with Crippen LogP contribution in [0, 0.1) is 10.4 Å². The highest BCUT2D eigenvalue weighted by Gasteiger charge is 2.11. The predicted molar refractivity (Wildman–Crippen MR) is 42.9 cm³/mol. The lowest BCUT2D eigenvalue weighted by molar-refractivity contribution is 0.966. The largest absolute Gasteiger partial charge is 0.0613 e.